The van der Waals surface area contributed by atoms with Gasteiger partial charge in [-0.25, -0.2) is 4.79 Å². The van der Waals surface area contributed by atoms with Crippen LogP contribution in [0.4, 0.5) is 0 Å². The molecule has 0 spiro atoms. The van der Waals surface area contributed by atoms with E-state index in [9.17, 15) is 4.79 Å². The Hall–Kier alpha value is -1.28. The number of alkyl halides is 1. The third kappa shape index (κ3) is 2.33. The first kappa shape index (κ1) is 9.81. The molecule has 0 aromatic heterocycles. The van der Waals surface area contributed by atoms with E-state index in [0.717, 1.165) is 5.56 Å². The lowest BCUT2D eigenvalue weighted by atomic mass is 10.1. The zero-order valence-electron chi connectivity index (χ0n) is 7.00. The molecule has 1 aromatic rings. The van der Waals surface area contributed by atoms with Gasteiger partial charge < -0.3 is 4.74 Å². The van der Waals surface area contributed by atoms with Crippen molar-refractivity contribution in [2.45, 2.75) is 0 Å². The summed E-state index contributed by atoms with van der Waals surface area (Å²) >= 11 is 5.27. The van der Waals surface area contributed by atoms with Crippen LogP contribution in [0.2, 0.25) is 0 Å². The molecule has 0 N–H and O–H groups in total. The van der Waals surface area contributed by atoms with Crippen LogP contribution in [0.3, 0.4) is 0 Å². The lowest BCUT2D eigenvalue weighted by Crippen LogP contribution is -2.05. The standard InChI is InChI=1S/C10H9ClO2/c1-2-8-5-3-4-6-9(8)10(12)13-7-11/h2-6H,1,7H2. The topological polar surface area (TPSA) is 26.3 Å². The lowest BCUT2D eigenvalue weighted by molar-refractivity contribution is 0.0574. The van der Waals surface area contributed by atoms with Gasteiger partial charge in [0.1, 0.15) is 0 Å². The van der Waals surface area contributed by atoms with Gasteiger partial charge in [0.25, 0.3) is 0 Å². The number of carbonyl (C=O) groups excluding carboxylic acids is 1. The number of ether oxygens (including phenoxy) is 1. The van der Waals surface area contributed by atoms with E-state index in [2.05, 4.69) is 11.3 Å². The van der Waals surface area contributed by atoms with Crippen molar-refractivity contribution in [3.63, 3.8) is 0 Å². The van der Waals surface area contributed by atoms with E-state index in [0.29, 0.717) is 5.56 Å². The fourth-order valence-electron chi connectivity index (χ4n) is 0.988. The fourth-order valence-corrected chi connectivity index (χ4v) is 1.09. The monoisotopic (exact) mass is 196 g/mol. The minimum Gasteiger partial charge on any atom is -0.446 e. The van der Waals surface area contributed by atoms with Crippen molar-refractivity contribution < 1.29 is 9.53 Å². The molecule has 1 rings (SSSR count). The minimum absolute atomic E-state index is 0.135. The second-order valence-electron chi connectivity index (χ2n) is 2.33. The Morgan fingerprint density at radius 1 is 1.54 bits per heavy atom. The molecule has 0 bridgehead atoms. The summed E-state index contributed by atoms with van der Waals surface area (Å²) in [4.78, 5) is 11.3. The molecule has 3 heteroatoms. The number of halogens is 1. The van der Waals surface area contributed by atoms with Gasteiger partial charge in [0.15, 0.2) is 6.07 Å². The largest absolute Gasteiger partial charge is 0.446 e. The molecule has 0 fully saturated rings. The molecular weight excluding hydrogens is 188 g/mol. The van der Waals surface area contributed by atoms with Crippen LogP contribution in [0.15, 0.2) is 30.8 Å². The van der Waals surface area contributed by atoms with Crippen LogP contribution in [0.25, 0.3) is 6.08 Å². The zero-order chi connectivity index (χ0) is 9.68. The van der Waals surface area contributed by atoms with E-state index in [1.807, 2.05) is 6.07 Å². The summed E-state index contributed by atoms with van der Waals surface area (Å²) in [6.45, 7) is 3.59. The number of hydrogen-bond donors (Lipinski definition) is 0. The molecule has 0 unspecified atom stereocenters. The predicted octanol–water partition coefficient (Wildman–Crippen LogP) is 2.68. The molecule has 68 valence electrons. The van der Waals surface area contributed by atoms with Crippen LogP contribution in [-0.2, 0) is 4.74 Å². The van der Waals surface area contributed by atoms with E-state index < -0.39 is 5.97 Å². The van der Waals surface area contributed by atoms with Gasteiger partial charge in [0.05, 0.1) is 5.56 Å². The highest BCUT2D eigenvalue weighted by atomic mass is 35.5. The summed E-state index contributed by atoms with van der Waals surface area (Å²) < 4.78 is 4.65. The molecule has 0 aliphatic carbocycles. The lowest BCUT2D eigenvalue weighted by Gasteiger charge is -2.03. The van der Waals surface area contributed by atoms with Crippen molar-refractivity contribution in [3.05, 3.63) is 42.0 Å². The molecule has 1 aromatic carbocycles. The number of esters is 1. The fraction of sp³-hybridized carbons (Fsp3) is 0.100. The van der Waals surface area contributed by atoms with Crippen molar-refractivity contribution in [1.82, 2.24) is 0 Å². The third-order valence-corrected chi connectivity index (χ3v) is 1.70. The molecule has 0 heterocycles. The number of carbonyl (C=O) groups is 1. The predicted molar refractivity (Wildman–Crippen MR) is 52.7 cm³/mol. The highest BCUT2D eigenvalue weighted by molar-refractivity contribution is 6.17. The molecule has 0 radical (unpaired) electrons. The Kier molecular flexibility index (Phi) is 3.53. The van der Waals surface area contributed by atoms with E-state index >= 15 is 0 Å². The first-order chi connectivity index (χ1) is 6.29. The minimum atomic E-state index is -0.425. The van der Waals surface area contributed by atoms with E-state index in [-0.39, 0.29) is 6.07 Å². The Labute approximate surface area is 81.8 Å². The van der Waals surface area contributed by atoms with Gasteiger partial charge in [-0.15, -0.1) is 0 Å². The van der Waals surface area contributed by atoms with Gasteiger partial charge in [-0.1, -0.05) is 42.5 Å². The molecule has 0 saturated carbocycles. The van der Waals surface area contributed by atoms with Crippen LogP contribution in [-0.4, -0.2) is 12.0 Å². The smallest absolute Gasteiger partial charge is 0.339 e. The van der Waals surface area contributed by atoms with E-state index in [1.165, 1.54) is 0 Å². The third-order valence-electron chi connectivity index (χ3n) is 1.59. The van der Waals surface area contributed by atoms with Crippen LogP contribution in [0.1, 0.15) is 15.9 Å². The molecular formula is C10H9ClO2. The second kappa shape index (κ2) is 4.67. The van der Waals surface area contributed by atoms with Gasteiger partial charge in [0, 0.05) is 0 Å². The molecule has 0 aliphatic heterocycles. The highest BCUT2D eigenvalue weighted by Gasteiger charge is 2.08. The summed E-state index contributed by atoms with van der Waals surface area (Å²) in [6.07, 6.45) is 1.60. The van der Waals surface area contributed by atoms with Gasteiger partial charge in [-0.3, -0.25) is 0 Å². The second-order valence-corrected chi connectivity index (χ2v) is 2.55. The average molecular weight is 197 g/mol. The summed E-state index contributed by atoms with van der Waals surface area (Å²) in [5.41, 5.74) is 1.23. The van der Waals surface area contributed by atoms with Crippen molar-refractivity contribution in [1.29, 1.82) is 0 Å². The number of benzene rings is 1. The van der Waals surface area contributed by atoms with Gasteiger partial charge in [-0.2, -0.15) is 0 Å². The molecule has 0 atom stereocenters. The summed E-state index contributed by atoms with van der Waals surface area (Å²) in [6, 6.07) is 6.92. The highest BCUT2D eigenvalue weighted by Crippen LogP contribution is 2.11. The summed E-state index contributed by atoms with van der Waals surface area (Å²) in [7, 11) is 0. The molecule has 13 heavy (non-hydrogen) atoms. The summed E-state index contributed by atoms with van der Waals surface area (Å²) in [5.74, 6) is -0.425. The Bertz CT molecular complexity index is 320. The SMILES string of the molecule is C=Cc1ccccc1C(=O)OCCl. The normalized spacial score (nSPS) is 9.31. The zero-order valence-corrected chi connectivity index (χ0v) is 7.75. The molecule has 0 aliphatic rings. The van der Waals surface area contributed by atoms with E-state index in [1.54, 1.807) is 24.3 Å². The maximum absolute atomic E-state index is 11.3. The first-order valence-corrected chi connectivity index (χ1v) is 4.27. The molecule has 0 amide bonds. The van der Waals surface area contributed by atoms with Crippen molar-refractivity contribution in [2.24, 2.45) is 0 Å². The van der Waals surface area contributed by atoms with Gasteiger partial charge >= 0.3 is 5.97 Å². The summed E-state index contributed by atoms with van der Waals surface area (Å²) in [5, 5.41) is 0. The maximum Gasteiger partial charge on any atom is 0.339 e. The van der Waals surface area contributed by atoms with Gasteiger partial charge in [-0.05, 0) is 11.6 Å². The van der Waals surface area contributed by atoms with Crippen LogP contribution in [0.5, 0.6) is 0 Å². The Balaban J connectivity index is 2.98. The Morgan fingerprint density at radius 2 is 2.23 bits per heavy atom. The van der Waals surface area contributed by atoms with Crippen molar-refractivity contribution >= 4 is 23.6 Å². The van der Waals surface area contributed by atoms with Crippen molar-refractivity contribution in [2.75, 3.05) is 6.07 Å². The number of rotatable bonds is 3. The van der Waals surface area contributed by atoms with E-state index in [4.69, 9.17) is 11.6 Å². The Morgan fingerprint density at radius 3 is 2.85 bits per heavy atom. The maximum atomic E-state index is 11.3. The quantitative estimate of drug-likeness (QED) is 0.549. The number of hydrogen-bond acceptors (Lipinski definition) is 2. The first-order valence-electron chi connectivity index (χ1n) is 3.74. The van der Waals surface area contributed by atoms with Crippen LogP contribution < -0.4 is 0 Å². The van der Waals surface area contributed by atoms with Crippen LogP contribution >= 0.6 is 11.6 Å². The van der Waals surface area contributed by atoms with Crippen molar-refractivity contribution in [3.8, 4) is 0 Å². The average Bonchev–Trinajstić information content (AvgIpc) is 2.18. The molecule has 0 saturated heterocycles. The van der Waals surface area contributed by atoms with Crippen LogP contribution in [0, 0.1) is 0 Å². The molecule has 2 nitrogen and oxygen atoms in total. The van der Waals surface area contributed by atoms with Gasteiger partial charge in [0.2, 0.25) is 0 Å².